The summed E-state index contributed by atoms with van der Waals surface area (Å²) < 4.78 is 39.5. The van der Waals surface area contributed by atoms with E-state index in [2.05, 4.69) is 10.4 Å². The molecule has 1 N–H and O–H groups in total. The molecular weight excluding hydrogens is 271 g/mol. The zero-order valence-electron chi connectivity index (χ0n) is 11.2. The van der Waals surface area contributed by atoms with Gasteiger partial charge in [0.1, 0.15) is 0 Å². The second-order valence-corrected chi connectivity index (χ2v) is 5.46. The number of benzene rings is 1. The smallest absolute Gasteiger partial charge is 0.332 e. The number of fused-ring (bicyclic) bond motifs is 1. The first-order valence-corrected chi connectivity index (χ1v) is 5.97. The van der Waals surface area contributed by atoms with Gasteiger partial charge < -0.3 is 5.32 Å². The Morgan fingerprint density at radius 2 is 1.80 bits per heavy atom. The lowest BCUT2D eigenvalue weighted by Gasteiger charge is -2.20. The van der Waals surface area contributed by atoms with Crippen LogP contribution < -0.4 is 5.32 Å². The van der Waals surface area contributed by atoms with E-state index in [4.69, 9.17) is 0 Å². The summed E-state index contributed by atoms with van der Waals surface area (Å²) in [5.41, 5.74) is -1.50. The summed E-state index contributed by atoms with van der Waals surface area (Å²) >= 11 is 0. The van der Waals surface area contributed by atoms with Gasteiger partial charge in [0.05, 0.1) is 5.52 Å². The van der Waals surface area contributed by atoms with Crippen molar-refractivity contribution < 1.29 is 18.0 Å². The number of rotatable bonds is 0. The van der Waals surface area contributed by atoms with E-state index in [1.54, 1.807) is 26.8 Å². The van der Waals surface area contributed by atoms with Crippen LogP contribution in [0.15, 0.2) is 24.3 Å². The van der Waals surface area contributed by atoms with Crippen LogP contribution in [-0.4, -0.2) is 21.4 Å². The minimum Gasteiger partial charge on any atom is -0.332 e. The van der Waals surface area contributed by atoms with Crippen LogP contribution in [0.4, 0.5) is 18.0 Å². The molecular formula is C13H14F3N3O. The zero-order chi connectivity index (χ0) is 15.1. The molecule has 0 aliphatic carbocycles. The Bertz CT molecular complexity index is 653. The average molecular weight is 285 g/mol. The van der Waals surface area contributed by atoms with E-state index >= 15 is 0 Å². The fraction of sp³-hybridized carbons (Fsp3) is 0.385. The number of hydrogen-bond donors (Lipinski definition) is 1. The number of carbonyl (C=O) groups excluding carboxylic acids is 1. The molecule has 1 aromatic carbocycles. The normalized spacial score (nSPS) is 12.7. The molecule has 2 aromatic rings. The quantitative estimate of drug-likeness (QED) is 0.806. The third-order valence-corrected chi connectivity index (χ3v) is 2.53. The molecule has 0 spiro atoms. The maximum absolute atomic E-state index is 12.9. The number of aromatic nitrogens is 2. The van der Waals surface area contributed by atoms with Crippen molar-refractivity contribution in [1.82, 2.24) is 15.1 Å². The number of carbonyl (C=O) groups is 1. The highest BCUT2D eigenvalue weighted by Crippen LogP contribution is 2.33. The van der Waals surface area contributed by atoms with Crippen molar-refractivity contribution >= 4 is 16.9 Å². The van der Waals surface area contributed by atoms with Gasteiger partial charge >= 0.3 is 12.2 Å². The monoisotopic (exact) mass is 285 g/mol. The second kappa shape index (κ2) is 4.50. The molecule has 0 aliphatic heterocycles. The lowest BCUT2D eigenvalue weighted by molar-refractivity contribution is -0.140. The molecule has 4 nitrogen and oxygen atoms in total. The van der Waals surface area contributed by atoms with E-state index in [1.165, 1.54) is 18.2 Å². The Morgan fingerprint density at radius 3 is 2.35 bits per heavy atom. The van der Waals surface area contributed by atoms with Crippen LogP contribution in [0.2, 0.25) is 0 Å². The highest BCUT2D eigenvalue weighted by Gasteiger charge is 2.37. The highest BCUT2D eigenvalue weighted by molar-refractivity contribution is 5.92. The van der Waals surface area contributed by atoms with Crippen molar-refractivity contribution in [2.24, 2.45) is 0 Å². The van der Waals surface area contributed by atoms with Gasteiger partial charge in [0.15, 0.2) is 5.69 Å². The van der Waals surface area contributed by atoms with Gasteiger partial charge in [-0.05, 0) is 26.8 Å². The van der Waals surface area contributed by atoms with E-state index in [9.17, 15) is 18.0 Å². The molecule has 2 rings (SSSR count). The van der Waals surface area contributed by atoms with Crippen molar-refractivity contribution in [2.45, 2.75) is 32.5 Å². The predicted molar refractivity (Wildman–Crippen MR) is 68.4 cm³/mol. The van der Waals surface area contributed by atoms with Crippen molar-refractivity contribution in [1.29, 1.82) is 0 Å². The lowest BCUT2D eigenvalue weighted by Crippen LogP contribution is -2.43. The molecule has 0 saturated heterocycles. The summed E-state index contributed by atoms with van der Waals surface area (Å²) in [6.45, 7) is 5.21. The van der Waals surface area contributed by atoms with Gasteiger partial charge in [-0.25, -0.2) is 4.79 Å². The summed E-state index contributed by atoms with van der Waals surface area (Å²) in [5.74, 6) is 0. The molecule has 0 radical (unpaired) electrons. The number of halogens is 3. The number of nitrogens with zero attached hydrogens (tertiary/aromatic N) is 2. The summed E-state index contributed by atoms with van der Waals surface area (Å²) in [5, 5.41) is 5.92. The molecule has 1 heterocycles. The molecule has 0 aliphatic rings. The van der Waals surface area contributed by atoms with Crippen LogP contribution in [0.3, 0.4) is 0 Å². The van der Waals surface area contributed by atoms with Gasteiger partial charge in [0.25, 0.3) is 0 Å². The van der Waals surface area contributed by atoms with Crippen LogP contribution in [0.5, 0.6) is 0 Å². The van der Waals surface area contributed by atoms with Crippen LogP contribution in [0, 0.1) is 0 Å². The molecule has 1 aromatic heterocycles. The van der Waals surface area contributed by atoms with Crippen molar-refractivity contribution in [3.8, 4) is 0 Å². The second-order valence-electron chi connectivity index (χ2n) is 5.46. The molecule has 0 unspecified atom stereocenters. The van der Waals surface area contributed by atoms with Gasteiger partial charge in [-0.2, -0.15) is 23.0 Å². The van der Waals surface area contributed by atoms with Crippen LogP contribution >= 0.6 is 0 Å². The van der Waals surface area contributed by atoms with Crippen LogP contribution in [-0.2, 0) is 6.18 Å². The minimum atomic E-state index is -4.60. The number of amides is 1. The first-order chi connectivity index (χ1) is 9.09. The summed E-state index contributed by atoms with van der Waals surface area (Å²) in [4.78, 5) is 12.0. The predicted octanol–water partition coefficient (Wildman–Crippen LogP) is 3.41. The first kappa shape index (κ1) is 14.4. The molecule has 0 fully saturated rings. The molecule has 0 bridgehead atoms. The van der Waals surface area contributed by atoms with Gasteiger partial charge in [-0.15, -0.1) is 0 Å². The van der Waals surface area contributed by atoms with Crippen LogP contribution in [0.25, 0.3) is 10.9 Å². The number of alkyl halides is 3. The minimum absolute atomic E-state index is 0.0935. The molecule has 20 heavy (non-hydrogen) atoms. The standard InChI is InChI=1S/C13H14F3N3O/c1-12(2,3)17-11(20)19-9-7-5-4-6-8(9)10(18-19)13(14,15)16/h4-7H,1-3H3,(H,17,20). The van der Waals surface area contributed by atoms with Crippen molar-refractivity contribution in [2.75, 3.05) is 0 Å². The Balaban J connectivity index is 2.58. The van der Waals surface area contributed by atoms with Crippen LogP contribution in [0.1, 0.15) is 26.5 Å². The largest absolute Gasteiger partial charge is 0.435 e. The molecule has 108 valence electrons. The lowest BCUT2D eigenvalue weighted by atomic mass is 10.1. The Morgan fingerprint density at radius 1 is 1.20 bits per heavy atom. The number of nitrogens with one attached hydrogen (secondary N) is 1. The van der Waals surface area contributed by atoms with Crippen molar-refractivity contribution in [3.05, 3.63) is 30.0 Å². The van der Waals surface area contributed by atoms with E-state index in [0.29, 0.717) is 0 Å². The summed E-state index contributed by atoms with van der Waals surface area (Å²) in [6, 6.07) is 5.08. The van der Waals surface area contributed by atoms with Gasteiger partial charge in [-0.3, -0.25) is 0 Å². The molecule has 1 amide bonds. The fourth-order valence-corrected chi connectivity index (χ4v) is 1.80. The van der Waals surface area contributed by atoms with Gasteiger partial charge in [0.2, 0.25) is 0 Å². The Labute approximate surface area is 113 Å². The van der Waals surface area contributed by atoms with Crippen molar-refractivity contribution in [3.63, 3.8) is 0 Å². The SMILES string of the molecule is CC(C)(C)NC(=O)n1nc(C(F)(F)F)c2ccccc21. The maximum Gasteiger partial charge on any atom is 0.435 e. The zero-order valence-corrected chi connectivity index (χ0v) is 11.2. The van der Waals surface area contributed by atoms with E-state index in [1.807, 2.05) is 0 Å². The Kier molecular flexibility index (Phi) is 3.23. The topological polar surface area (TPSA) is 46.9 Å². The van der Waals surface area contributed by atoms with Gasteiger partial charge in [-0.1, -0.05) is 18.2 Å². The third kappa shape index (κ3) is 2.76. The third-order valence-electron chi connectivity index (χ3n) is 2.53. The maximum atomic E-state index is 12.9. The Hall–Kier alpha value is -2.05. The van der Waals surface area contributed by atoms with E-state index in [-0.39, 0.29) is 10.9 Å². The summed E-state index contributed by atoms with van der Waals surface area (Å²) in [7, 11) is 0. The number of para-hydroxylation sites is 1. The molecule has 0 saturated carbocycles. The average Bonchev–Trinajstić information content (AvgIpc) is 2.65. The van der Waals surface area contributed by atoms with E-state index < -0.39 is 23.4 Å². The van der Waals surface area contributed by atoms with Gasteiger partial charge in [0, 0.05) is 10.9 Å². The summed E-state index contributed by atoms with van der Waals surface area (Å²) in [6.07, 6.45) is -4.60. The number of hydrogen-bond acceptors (Lipinski definition) is 2. The van der Waals surface area contributed by atoms with E-state index in [0.717, 1.165) is 4.68 Å². The first-order valence-electron chi connectivity index (χ1n) is 5.97. The molecule has 7 heteroatoms. The highest BCUT2D eigenvalue weighted by atomic mass is 19.4. The fourth-order valence-electron chi connectivity index (χ4n) is 1.80. The molecule has 0 atom stereocenters.